The number of hydrogen-bond acceptors (Lipinski definition) is 1. The lowest BCUT2D eigenvalue weighted by molar-refractivity contribution is 0.749. The Morgan fingerprint density at radius 2 is 1.23 bits per heavy atom. The third kappa shape index (κ3) is 2.29. The van der Waals surface area contributed by atoms with E-state index in [4.69, 9.17) is 13.1 Å². The van der Waals surface area contributed by atoms with E-state index in [1.807, 2.05) is 35.6 Å². The lowest BCUT2D eigenvalue weighted by Gasteiger charge is -2.39. The molecular weight excluding hydrogens is 494 g/mol. The van der Waals surface area contributed by atoms with Crippen LogP contribution >= 0.6 is 11.3 Å². The molecular formula is C35H17N3S. The number of rotatable bonds is 0. The third-order valence-electron chi connectivity index (χ3n) is 8.61. The molecule has 2 aromatic heterocycles. The Labute approximate surface area is 228 Å². The van der Waals surface area contributed by atoms with Crippen LogP contribution < -0.4 is 0 Å². The van der Waals surface area contributed by atoms with Crippen molar-refractivity contribution < 1.29 is 0 Å². The first-order valence-corrected chi connectivity index (χ1v) is 13.7. The van der Waals surface area contributed by atoms with Crippen molar-refractivity contribution in [1.29, 1.82) is 0 Å². The first-order chi connectivity index (χ1) is 19.3. The molecule has 9 rings (SSSR count). The summed E-state index contributed by atoms with van der Waals surface area (Å²) in [5.74, 6) is 0. The molecule has 4 heteroatoms. The maximum atomic E-state index is 7.70. The van der Waals surface area contributed by atoms with E-state index in [-0.39, 0.29) is 0 Å². The number of hydrogen-bond donors (Lipinski definition) is 0. The predicted octanol–water partition coefficient (Wildman–Crippen LogP) is 9.78. The summed E-state index contributed by atoms with van der Waals surface area (Å²) in [6, 6.07) is 36.4. The Balaban J connectivity index is 1.55. The summed E-state index contributed by atoms with van der Waals surface area (Å²) in [6.07, 6.45) is 0. The molecule has 0 amide bonds. The highest BCUT2D eigenvalue weighted by Gasteiger charge is 2.50. The maximum Gasteiger partial charge on any atom is 0.187 e. The van der Waals surface area contributed by atoms with Gasteiger partial charge >= 0.3 is 0 Å². The van der Waals surface area contributed by atoms with Gasteiger partial charge in [-0.25, -0.2) is 9.69 Å². The number of benzene rings is 5. The van der Waals surface area contributed by atoms with Crippen molar-refractivity contribution in [3.05, 3.63) is 148 Å². The normalized spacial score (nSPS) is 13.8. The van der Waals surface area contributed by atoms with Crippen molar-refractivity contribution in [2.45, 2.75) is 5.41 Å². The van der Waals surface area contributed by atoms with E-state index < -0.39 is 5.41 Å². The highest BCUT2D eigenvalue weighted by atomic mass is 32.1. The largest absolute Gasteiger partial charge is 0.307 e. The molecule has 2 aliphatic rings. The second-order valence-electron chi connectivity index (χ2n) is 10.3. The zero-order chi connectivity index (χ0) is 25.9. The zero-order valence-corrected chi connectivity index (χ0v) is 21.4. The van der Waals surface area contributed by atoms with Gasteiger partial charge in [0.1, 0.15) is 0 Å². The number of aromatic nitrogens is 1. The van der Waals surface area contributed by atoms with Gasteiger partial charge in [-0.2, -0.15) is 0 Å². The fraction of sp³-hybridized carbons (Fsp3) is 0.0286. The van der Waals surface area contributed by atoms with Gasteiger partial charge in [-0.05, 0) is 57.6 Å². The Bertz CT molecular complexity index is 2260. The van der Waals surface area contributed by atoms with Crippen LogP contribution in [0.5, 0.6) is 0 Å². The molecule has 178 valence electrons. The zero-order valence-electron chi connectivity index (χ0n) is 20.6. The van der Waals surface area contributed by atoms with Gasteiger partial charge in [0.15, 0.2) is 11.4 Å². The molecule has 39 heavy (non-hydrogen) atoms. The lowest BCUT2D eigenvalue weighted by Crippen LogP contribution is -2.33. The molecule has 1 spiro atoms. The summed E-state index contributed by atoms with van der Waals surface area (Å²) >= 11 is 1.86. The molecule has 0 saturated heterocycles. The monoisotopic (exact) mass is 511 g/mol. The van der Waals surface area contributed by atoms with Crippen LogP contribution in [-0.4, -0.2) is 4.57 Å². The van der Waals surface area contributed by atoms with Crippen LogP contribution in [0.4, 0.5) is 11.4 Å². The van der Waals surface area contributed by atoms with Crippen LogP contribution in [0.15, 0.2) is 103 Å². The van der Waals surface area contributed by atoms with Crippen LogP contribution in [0.3, 0.4) is 0 Å². The minimum Gasteiger partial charge on any atom is -0.307 e. The van der Waals surface area contributed by atoms with Crippen LogP contribution in [-0.2, 0) is 5.41 Å². The van der Waals surface area contributed by atoms with Crippen molar-refractivity contribution in [2.75, 3.05) is 0 Å². The number of thiophene rings is 1. The van der Waals surface area contributed by atoms with Gasteiger partial charge in [-0.15, -0.1) is 11.3 Å². The molecule has 7 aromatic rings. The van der Waals surface area contributed by atoms with Crippen LogP contribution in [0.1, 0.15) is 22.3 Å². The predicted molar refractivity (Wildman–Crippen MR) is 160 cm³/mol. The summed E-state index contributed by atoms with van der Waals surface area (Å²) in [4.78, 5) is 7.51. The van der Waals surface area contributed by atoms with Crippen LogP contribution in [0, 0.1) is 13.1 Å². The maximum absolute atomic E-state index is 7.70. The van der Waals surface area contributed by atoms with Gasteiger partial charge in [0, 0.05) is 15.5 Å². The van der Waals surface area contributed by atoms with Gasteiger partial charge in [0.2, 0.25) is 0 Å². The molecule has 1 aliphatic carbocycles. The molecule has 0 fully saturated rings. The van der Waals surface area contributed by atoms with E-state index in [2.05, 4.69) is 93.1 Å². The minimum absolute atomic E-state index is 0.547. The Hall–Kier alpha value is -5.16. The second-order valence-corrected chi connectivity index (χ2v) is 11.3. The Kier molecular flexibility index (Phi) is 3.76. The first kappa shape index (κ1) is 20.8. The summed E-state index contributed by atoms with van der Waals surface area (Å²) in [5.41, 5.74) is 11.3. The highest BCUT2D eigenvalue weighted by molar-refractivity contribution is 7.26. The van der Waals surface area contributed by atoms with Crippen molar-refractivity contribution in [3.63, 3.8) is 0 Å². The van der Waals surface area contributed by atoms with Crippen molar-refractivity contribution in [1.82, 2.24) is 4.57 Å². The molecule has 3 nitrogen and oxygen atoms in total. The smallest absolute Gasteiger partial charge is 0.187 e. The van der Waals surface area contributed by atoms with Crippen LogP contribution in [0.2, 0.25) is 0 Å². The van der Waals surface area contributed by atoms with E-state index in [9.17, 15) is 0 Å². The molecule has 0 saturated carbocycles. The van der Waals surface area contributed by atoms with Gasteiger partial charge in [0.05, 0.1) is 40.0 Å². The van der Waals surface area contributed by atoms with E-state index >= 15 is 0 Å². The fourth-order valence-electron chi connectivity index (χ4n) is 7.22. The molecule has 1 aliphatic heterocycles. The first-order valence-electron chi connectivity index (χ1n) is 12.8. The number of para-hydroxylation sites is 2. The van der Waals surface area contributed by atoms with E-state index in [1.165, 1.54) is 59.1 Å². The minimum atomic E-state index is -0.547. The quantitative estimate of drug-likeness (QED) is 0.180. The number of fused-ring (bicyclic) bond motifs is 14. The molecule has 3 heterocycles. The SMILES string of the molecule is [C-]#[N+]c1ccc2c(c1)-c1cc([N+]#[C-])ccc1C21c2ccccc2-n2c3c1cccc3c1sc3ccccc3c12. The third-order valence-corrected chi connectivity index (χ3v) is 9.81. The summed E-state index contributed by atoms with van der Waals surface area (Å²) in [7, 11) is 0. The molecule has 0 unspecified atom stereocenters. The number of nitrogens with zero attached hydrogens (tertiary/aromatic N) is 3. The van der Waals surface area contributed by atoms with Gasteiger partial charge in [0.25, 0.3) is 0 Å². The molecule has 0 N–H and O–H groups in total. The van der Waals surface area contributed by atoms with Crippen molar-refractivity contribution >= 4 is 53.9 Å². The van der Waals surface area contributed by atoms with Gasteiger partial charge in [-0.1, -0.05) is 78.9 Å². The lowest BCUT2D eigenvalue weighted by atomic mass is 9.65. The molecule has 0 atom stereocenters. The van der Waals surface area contributed by atoms with Gasteiger partial charge < -0.3 is 4.57 Å². The van der Waals surface area contributed by atoms with Crippen molar-refractivity contribution in [2.24, 2.45) is 0 Å². The van der Waals surface area contributed by atoms with E-state index in [1.54, 1.807) is 0 Å². The van der Waals surface area contributed by atoms with Crippen molar-refractivity contribution in [3.8, 4) is 16.8 Å². The van der Waals surface area contributed by atoms with E-state index in [0.717, 1.165) is 11.1 Å². The molecule has 0 radical (unpaired) electrons. The fourth-order valence-corrected chi connectivity index (χ4v) is 8.43. The summed E-state index contributed by atoms with van der Waals surface area (Å²) in [6.45, 7) is 15.4. The standard InChI is InChI=1S/C35H17N3S/c1-36-20-14-16-26-24(18-20)25-19-21(37-2)15-17-27(25)35(26)28-10-4-5-12-30(28)38-32-23(9-7-11-29(32)35)34-33(38)22-8-3-6-13-31(22)39-34/h3-19H. The topological polar surface area (TPSA) is 13.7 Å². The average molecular weight is 512 g/mol. The Morgan fingerprint density at radius 1 is 0.590 bits per heavy atom. The summed E-state index contributed by atoms with van der Waals surface area (Å²) < 4.78 is 5.09. The molecule has 0 bridgehead atoms. The second kappa shape index (κ2) is 7.03. The van der Waals surface area contributed by atoms with Gasteiger partial charge in [-0.3, -0.25) is 0 Å². The summed E-state index contributed by atoms with van der Waals surface area (Å²) in [5, 5.41) is 2.55. The van der Waals surface area contributed by atoms with E-state index in [0.29, 0.717) is 11.4 Å². The molecule has 5 aromatic carbocycles. The highest BCUT2D eigenvalue weighted by Crippen LogP contribution is 2.62. The van der Waals surface area contributed by atoms with Crippen LogP contribution in [0.25, 0.3) is 57.7 Å². The Morgan fingerprint density at radius 3 is 1.97 bits per heavy atom. The average Bonchev–Trinajstić information content (AvgIpc) is 3.62.